The number of likely N-dealkylation sites (tertiary alicyclic amines) is 1. The molecule has 2 heterocycles. The summed E-state index contributed by atoms with van der Waals surface area (Å²) in [5.74, 6) is 0.0562. The lowest BCUT2D eigenvalue weighted by Gasteiger charge is -2.51. The van der Waals surface area contributed by atoms with Crippen molar-refractivity contribution < 1.29 is 4.79 Å². The van der Waals surface area contributed by atoms with Crippen molar-refractivity contribution in [1.29, 1.82) is 0 Å². The van der Waals surface area contributed by atoms with Gasteiger partial charge in [-0.3, -0.25) is 9.69 Å². The maximum absolute atomic E-state index is 12.6. The Morgan fingerprint density at radius 2 is 1.72 bits per heavy atom. The fraction of sp³-hybridized carbons (Fsp3) is 0.381. The third-order valence-corrected chi connectivity index (χ3v) is 5.71. The highest BCUT2D eigenvalue weighted by atomic mass is 16.2. The van der Waals surface area contributed by atoms with E-state index in [1.807, 2.05) is 18.2 Å². The molecule has 0 aliphatic carbocycles. The first kappa shape index (κ1) is 16.2. The molecule has 25 heavy (non-hydrogen) atoms. The second-order valence-corrected chi connectivity index (χ2v) is 7.32. The minimum Gasteiger partial charge on any atom is -0.351 e. The van der Waals surface area contributed by atoms with Crippen LogP contribution in [0.15, 0.2) is 48.5 Å². The van der Waals surface area contributed by atoms with Crippen LogP contribution < -0.4 is 10.2 Å². The van der Waals surface area contributed by atoms with Crippen LogP contribution in [0.3, 0.4) is 0 Å². The third kappa shape index (κ3) is 2.91. The Balaban J connectivity index is 1.48. The van der Waals surface area contributed by atoms with Gasteiger partial charge in [-0.1, -0.05) is 42.0 Å². The molecule has 2 aliphatic rings. The minimum absolute atomic E-state index is 0.0562. The molecule has 1 fully saturated rings. The molecule has 4 rings (SSSR count). The lowest BCUT2D eigenvalue weighted by molar-refractivity contribution is 0.0774. The Bertz CT molecular complexity index is 776. The molecule has 0 unspecified atom stereocenters. The summed E-state index contributed by atoms with van der Waals surface area (Å²) < 4.78 is 0. The SMILES string of the molecule is Cc1ccc(CN2CCC3(CC2)NC(=O)c2ccccc2N3C)cc1. The number of para-hydroxylation sites is 1. The first-order valence-electron chi connectivity index (χ1n) is 9.01. The summed E-state index contributed by atoms with van der Waals surface area (Å²) in [6, 6.07) is 16.7. The highest BCUT2D eigenvalue weighted by Gasteiger charge is 2.43. The van der Waals surface area contributed by atoms with Crippen molar-refractivity contribution in [2.24, 2.45) is 0 Å². The second-order valence-electron chi connectivity index (χ2n) is 7.32. The van der Waals surface area contributed by atoms with Gasteiger partial charge in [0.15, 0.2) is 0 Å². The number of hydrogen-bond donors (Lipinski definition) is 1. The number of amides is 1. The summed E-state index contributed by atoms with van der Waals surface area (Å²) >= 11 is 0. The Morgan fingerprint density at radius 3 is 2.44 bits per heavy atom. The van der Waals surface area contributed by atoms with Gasteiger partial charge in [0.25, 0.3) is 5.91 Å². The number of carbonyl (C=O) groups excluding carboxylic acids is 1. The number of aryl methyl sites for hydroxylation is 1. The van der Waals surface area contributed by atoms with E-state index in [0.717, 1.165) is 43.7 Å². The average Bonchev–Trinajstić information content (AvgIpc) is 2.64. The first-order valence-corrected chi connectivity index (χ1v) is 9.01. The van der Waals surface area contributed by atoms with Crippen LogP contribution in [0.25, 0.3) is 0 Å². The van der Waals surface area contributed by atoms with E-state index in [0.29, 0.717) is 0 Å². The van der Waals surface area contributed by atoms with Gasteiger partial charge in [0, 0.05) is 39.5 Å². The van der Waals surface area contributed by atoms with Crippen LogP contribution in [0.4, 0.5) is 5.69 Å². The first-order chi connectivity index (χ1) is 12.1. The third-order valence-electron chi connectivity index (χ3n) is 5.71. The van der Waals surface area contributed by atoms with Gasteiger partial charge in [-0.25, -0.2) is 0 Å². The molecule has 2 aromatic rings. The minimum atomic E-state index is -0.255. The van der Waals surface area contributed by atoms with Crippen molar-refractivity contribution in [3.63, 3.8) is 0 Å². The molecular formula is C21H25N3O. The molecule has 0 atom stereocenters. The smallest absolute Gasteiger partial charge is 0.255 e. The van der Waals surface area contributed by atoms with Gasteiger partial charge < -0.3 is 10.2 Å². The molecule has 0 bridgehead atoms. The molecule has 1 N–H and O–H groups in total. The standard InChI is InChI=1S/C21H25N3O/c1-16-7-9-17(10-8-16)15-24-13-11-21(12-14-24)22-20(25)18-5-3-4-6-19(18)23(21)2/h3-10H,11-15H2,1-2H3,(H,22,25). The van der Waals surface area contributed by atoms with Gasteiger partial charge in [0.2, 0.25) is 0 Å². The zero-order chi connectivity index (χ0) is 17.4. The predicted molar refractivity (Wildman–Crippen MR) is 101 cm³/mol. The largest absolute Gasteiger partial charge is 0.351 e. The van der Waals surface area contributed by atoms with Gasteiger partial charge in [-0.05, 0) is 24.6 Å². The number of piperidine rings is 1. The van der Waals surface area contributed by atoms with Crippen molar-refractivity contribution >= 4 is 11.6 Å². The van der Waals surface area contributed by atoms with E-state index in [4.69, 9.17) is 0 Å². The number of nitrogens with zero attached hydrogens (tertiary/aromatic N) is 2. The summed E-state index contributed by atoms with van der Waals surface area (Å²) in [4.78, 5) is 17.3. The molecule has 4 heteroatoms. The fourth-order valence-corrected chi connectivity index (χ4v) is 4.04. The van der Waals surface area contributed by atoms with Crippen LogP contribution in [-0.2, 0) is 6.54 Å². The van der Waals surface area contributed by atoms with E-state index in [9.17, 15) is 4.79 Å². The lowest BCUT2D eigenvalue weighted by Crippen LogP contribution is -2.66. The molecule has 2 aliphatic heterocycles. The van der Waals surface area contributed by atoms with Crippen LogP contribution >= 0.6 is 0 Å². The summed E-state index contributed by atoms with van der Waals surface area (Å²) in [7, 11) is 2.11. The van der Waals surface area contributed by atoms with Crippen molar-refractivity contribution in [2.45, 2.75) is 32.0 Å². The van der Waals surface area contributed by atoms with E-state index < -0.39 is 0 Å². The van der Waals surface area contributed by atoms with Crippen LogP contribution in [0.2, 0.25) is 0 Å². The molecule has 1 saturated heterocycles. The number of benzene rings is 2. The number of rotatable bonds is 2. The summed E-state index contributed by atoms with van der Waals surface area (Å²) in [5, 5.41) is 3.29. The Kier molecular flexibility index (Phi) is 4.00. The highest BCUT2D eigenvalue weighted by Crippen LogP contribution is 2.36. The van der Waals surface area contributed by atoms with Crippen molar-refractivity contribution in [3.8, 4) is 0 Å². The van der Waals surface area contributed by atoms with Gasteiger partial charge in [0.1, 0.15) is 5.66 Å². The molecule has 0 aromatic heterocycles. The molecular weight excluding hydrogens is 310 g/mol. The zero-order valence-electron chi connectivity index (χ0n) is 15.0. The maximum atomic E-state index is 12.6. The topological polar surface area (TPSA) is 35.6 Å². The summed E-state index contributed by atoms with van der Waals surface area (Å²) in [6.45, 7) is 5.07. The van der Waals surface area contributed by atoms with Crippen LogP contribution in [-0.4, -0.2) is 36.6 Å². The van der Waals surface area contributed by atoms with Crippen molar-refractivity contribution in [1.82, 2.24) is 10.2 Å². The highest BCUT2D eigenvalue weighted by molar-refractivity contribution is 6.02. The van der Waals surface area contributed by atoms with Crippen molar-refractivity contribution in [3.05, 3.63) is 65.2 Å². The van der Waals surface area contributed by atoms with Gasteiger partial charge in [0.05, 0.1) is 11.3 Å². The molecule has 1 amide bonds. The molecule has 130 valence electrons. The number of nitrogens with one attached hydrogen (secondary N) is 1. The summed E-state index contributed by atoms with van der Waals surface area (Å²) in [5.41, 5.74) is 4.21. The summed E-state index contributed by atoms with van der Waals surface area (Å²) in [6.07, 6.45) is 1.88. The Labute approximate surface area is 149 Å². The van der Waals surface area contributed by atoms with Gasteiger partial charge in [-0.15, -0.1) is 0 Å². The van der Waals surface area contributed by atoms with E-state index in [2.05, 4.69) is 59.4 Å². The van der Waals surface area contributed by atoms with Crippen LogP contribution in [0.1, 0.15) is 34.3 Å². The molecule has 2 aromatic carbocycles. The van der Waals surface area contributed by atoms with E-state index in [-0.39, 0.29) is 11.6 Å². The number of fused-ring (bicyclic) bond motifs is 1. The van der Waals surface area contributed by atoms with E-state index in [1.54, 1.807) is 0 Å². The molecule has 0 saturated carbocycles. The number of anilines is 1. The predicted octanol–water partition coefficient (Wildman–Crippen LogP) is 3.17. The van der Waals surface area contributed by atoms with Gasteiger partial charge in [-0.2, -0.15) is 0 Å². The number of carbonyl (C=O) groups is 1. The second kappa shape index (κ2) is 6.19. The maximum Gasteiger partial charge on any atom is 0.255 e. The van der Waals surface area contributed by atoms with E-state index >= 15 is 0 Å². The normalized spacial score (nSPS) is 19.6. The van der Waals surface area contributed by atoms with E-state index in [1.165, 1.54) is 11.1 Å². The van der Waals surface area contributed by atoms with Crippen molar-refractivity contribution in [2.75, 3.05) is 25.0 Å². The average molecular weight is 335 g/mol. The number of hydrogen-bond acceptors (Lipinski definition) is 3. The van der Waals surface area contributed by atoms with Gasteiger partial charge >= 0.3 is 0 Å². The Hall–Kier alpha value is -2.33. The Morgan fingerprint density at radius 1 is 1.04 bits per heavy atom. The van der Waals surface area contributed by atoms with Crippen LogP contribution in [0, 0.1) is 6.92 Å². The monoisotopic (exact) mass is 335 g/mol. The lowest BCUT2D eigenvalue weighted by atomic mass is 9.90. The molecule has 1 spiro atoms. The molecule has 4 nitrogen and oxygen atoms in total. The fourth-order valence-electron chi connectivity index (χ4n) is 4.04. The molecule has 0 radical (unpaired) electrons. The zero-order valence-corrected chi connectivity index (χ0v) is 15.0. The van der Waals surface area contributed by atoms with Crippen LogP contribution in [0.5, 0.6) is 0 Å². The quantitative estimate of drug-likeness (QED) is 0.916.